The van der Waals surface area contributed by atoms with E-state index in [1.54, 1.807) is 28.0 Å². The average molecular weight is 232 g/mol. The van der Waals surface area contributed by atoms with E-state index in [2.05, 4.69) is 5.32 Å². The van der Waals surface area contributed by atoms with E-state index in [1.165, 1.54) is 4.90 Å². The van der Waals surface area contributed by atoms with Crippen molar-refractivity contribution in [2.24, 2.45) is 0 Å². The lowest BCUT2D eigenvalue weighted by Gasteiger charge is -2.27. The first kappa shape index (κ1) is 14.7. The van der Waals surface area contributed by atoms with Gasteiger partial charge < -0.3 is 20.1 Å². The van der Waals surface area contributed by atoms with Crippen molar-refractivity contribution >= 4 is 12.0 Å². The van der Waals surface area contributed by atoms with Gasteiger partial charge in [-0.1, -0.05) is 0 Å². The minimum absolute atomic E-state index is 0.114. The van der Waals surface area contributed by atoms with Crippen molar-refractivity contribution in [1.82, 2.24) is 10.2 Å². The van der Waals surface area contributed by atoms with E-state index < -0.39 is 11.5 Å². The van der Waals surface area contributed by atoms with Gasteiger partial charge in [0.25, 0.3) is 0 Å². The zero-order valence-electron chi connectivity index (χ0n) is 10.2. The maximum atomic E-state index is 11.6. The molecule has 0 aliphatic carbocycles. The number of hydrogen-bond acceptors (Lipinski definition) is 3. The molecule has 0 fully saturated rings. The van der Waals surface area contributed by atoms with Crippen LogP contribution in [0.3, 0.4) is 0 Å². The van der Waals surface area contributed by atoms with Crippen LogP contribution in [0.5, 0.6) is 0 Å². The summed E-state index contributed by atoms with van der Waals surface area (Å²) in [7, 11) is 3.19. The lowest BCUT2D eigenvalue weighted by atomic mass is 10.0. The van der Waals surface area contributed by atoms with Crippen molar-refractivity contribution in [2.75, 3.05) is 27.3 Å². The van der Waals surface area contributed by atoms with Crippen LogP contribution in [0.15, 0.2) is 0 Å². The molecule has 0 rings (SSSR count). The smallest absolute Gasteiger partial charge is 0.317 e. The SMILES string of the molecule is COCCN(C)C(=O)NC(C)(C)CC(=O)O. The van der Waals surface area contributed by atoms with Crippen LogP contribution < -0.4 is 5.32 Å². The number of ether oxygens (including phenoxy) is 1. The number of nitrogens with one attached hydrogen (secondary N) is 1. The molecule has 0 aromatic heterocycles. The van der Waals surface area contributed by atoms with Crippen LogP contribution in [0, 0.1) is 0 Å². The van der Waals surface area contributed by atoms with Crippen molar-refractivity contribution in [1.29, 1.82) is 0 Å². The Balaban J connectivity index is 4.15. The molecule has 0 radical (unpaired) electrons. The Morgan fingerprint density at radius 3 is 2.44 bits per heavy atom. The van der Waals surface area contributed by atoms with E-state index in [0.717, 1.165) is 0 Å². The van der Waals surface area contributed by atoms with Crippen LogP contribution in [0.1, 0.15) is 20.3 Å². The fourth-order valence-corrected chi connectivity index (χ4v) is 1.14. The Labute approximate surface area is 95.6 Å². The quantitative estimate of drug-likeness (QED) is 0.700. The number of amides is 2. The summed E-state index contributed by atoms with van der Waals surface area (Å²) in [6.45, 7) is 4.25. The number of carbonyl (C=O) groups is 2. The van der Waals surface area contributed by atoms with Gasteiger partial charge in [-0.15, -0.1) is 0 Å². The second kappa shape index (κ2) is 6.32. The number of aliphatic carboxylic acids is 1. The summed E-state index contributed by atoms with van der Waals surface area (Å²) in [4.78, 5) is 23.6. The predicted octanol–water partition coefficient (Wildman–Crippen LogP) is 0.527. The highest BCUT2D eigenvalue weighted by molar-refractivity contribution is 5.76. The van der Waals surface area contributed by atoms with E-state index in [1.807, 2.05) is 0 Å². The van der Waals surface area contributed by atoms with Crippen LogP contribution in [0.4, 0.5) is 4.79 Å². The van der Waals surface area contributed by atoms with Crippen LogP contribution >= 0.6 is 0 Å². The van der Waals surface area contributed by atoms with Gasteiger partial charge in [-0.2, -0.15) is 0 Å². The molecule has 0 saturated carbocycles. The molecule has 94 valence electrons. The molecule has 0 saturated heterocycles. The number of carbonyl (C=O) groups excluding carboxylic acids is 1. The average Bonchev–Trinajstić information content (AvgIpc) is 2.10. The highest BCUT2D eigenvalue weighted by atomic mass is 16.5. The van der Waals surface area contributed by atoms with Gasteiger partial charge in [-0.05, 0) is 13.8 Å². The van der Waals surface area contributed by atoms with Crippen molar-refractivity contribution in [2.45, 2.75) is 25.8 Å². The molecule has 0 atom stereocenters. The number of carboxylic acid groups (broad SMARTS) is 1. The second-order valence-electron chi connectivity index (χ2n) is 4.30. The van der Waals surface area contributed by atoms with E-state index in [9.17, 15) is 9.59 Å². The molecule has 16 heavy (non-hydrogen) atoms. The van der Waals surface area contributed by atoms with Crippen molar-refractivity contribution in [3.8, 4) is 0 Å². The minimum Gasteiger partial charge on any atom is -0.481 e. The number of rotatable bonds is 6. The maximum absolute atomic E-state index is 11.6. The van der Waals surface area contributed by atoms with Gasteiger partial charge in [0.1, 0.15) is 0 Å². The number of carboxylic acids is 1. The molecule has 6 heteroatoms. The standard InChI is InChI=1S/C10H20N2O4/c1-10(2,7-8(13)14)11-9(15)12(3)5-6-16-4/h5-7H2,1-4H3,(H,11,15)(H,13,14). The van der Waals surface area contributed by atoms with Gasteiger partial charge >= 0.3 is 12.0 Å². The monoisotopic (exact) mass is 232 g/mol. The Morgan fingerprint density at radius 1 is 1.44 bits per heavy atom. The summed E-state index contributed by atoms with van der Waals surface area (Å²) in [6, 6.07) is -0.302. The van der Waals surface area contributed by atoms with Gasteiger partial charge in [0.2, 0.25) is 0 Å². The first-order valence-corrected chi connectivity index (χ1v) is 5.02. The molecular formula is C10H20N2O4. The molecular weight excluding hydrogens is 212 g/mol. The van der Waals surface area contributed by atoms with E-state index in [4.69, 9.17) is 9.84 Å². The van der Waals surface area contributed by atoms with E-state index >= 15 is 0 Å². The third kappa shape index (κ3) is 6.23. The predicted molar refractivity (Wildman–Crippen MR) is 59.4 cm³/mol. The van der Waals surface area contributed by atoms with E-state index in [0.29, 0.717) is 13.2 Å². The molecule has 0 aromatic carbocycles. The normalized spacial score (nSPS) is 11.0. The van der Waals surface area contributed by atoms with Gasteiger partial charge in [-0.25, -0.2) is 4.79 Å². The third-order valence-electron chi connectivity index (χ3n) is 2.02. The highest BCUT2D eigenvalue weighted by Crippen LogP contribution is 2.08. The topological polar surface area (TPSA) is 78.9 Å². The summed E-state index contributed by atoms with van der Waals surface area (Å²) >= 11 is 0. The molecule has 0 aromatic rings. The molecule has 6 nitrogen and oxygen atoms in total. The number of likely N-dealkylation sites (N-methyl/N-ethyl adjacent to an activating group) is 1. The summed E-state index contributed by atoms with van der Waals surface area (Å²) in [5, 5.41) is 11.3. The first-order chi connectivity index (χ1) is 7.28. The summed E-state index contributed by atoms with van der Waals surface area (Å²) in [5.74, 6) is -0.940. The Morgan fingerprint density at radius 2 is 2.00 bits per heavy atom. The zero-order valence-corrected chi connectivity index (χ0v) is 10.2. The number of hydrogen-bond donors (Lipinski definition) is 2. The van der Waals surface area contributed by atoms with Gasteiger partial charge in [0.05, 0.1) is 13.0 Å². The van der Waals surface area contributed by atoms with Crippen LogP contribution in [-0.2, 0) is 9.53 Å². The van der Waals surface area contributed by atoms with Crippen LogP contribution in [0.25, 0.3) is 0 Å². The number of methoxy groups -OCH3 is 1. The lowest BCUT2D eigenvalue weighted by Crippen LogP contribution is -2.50. The van der Waals surface area contributed by atoms with Crippen molar-refractivity contribution in [3.05, 3.63) is 0 Å². The third-order valence-corrected chi connectivity index (χ3v) is 2.02. The highest BCUT2D eigenvalue weighted by Gasteiger charge is 2.25. The summed E-state index contributed by atoms with van der Waals surface area (Å²) < 4.78 is 4.84. The van der Waals surface area contributed by atoms with Crippen molar-refractivity contribution in [3.63, 3.8) is 0 Å². The molecule has 2 N–H and O–H groups in total. The molecule has 0 bridgehead atoms. The fourth-order valence-electron chi connectivity index (χ4n) is 1.14. The van der Waals surface area contributed by atoms with E-state index in [-0.39, 0.29) is 12.5 Å². The Bertz CT molecular complexity index is 253. The zero-order chi connectivity index (χ0) is 12.8. The molecule has 0 heterocycles. The molecule has 0 aliphatic rings. The minimum atomic E-state index is -0.940. The molecule has 0 aliphatic heterocycles. The Kier molecular flexibility index (Phi) is 5.81. The molecule has 0 unspecified atom stereocenters. The second-order valence-corrected chi connectivity index (χ2v) is 4.30. The summed E-state index contributed by atoms with van der Waals surface area (Å²) in [5.41, 5.74) is -0.760. The first-order valence-electron chi connectivity index (χ1n) is 5.02. The fraction of sp³-hybridized carbons (Fsp3) is 0.800. The van der Waals surface area contributed by atoms with Gasteiger partial charge in [0.15, 0.2) is 0 Å². The Hall–Kier alpha value is -1.30. The maximum Gasteiger partial charge on any atom is 0.317 e. The van der Waals surface area contributed by atoms with Gasteiger partial charge in [0, 0.05) is 26.2 Å². The van der Waals surface area contributed by atoms with Crippen LogP contribution in [0.2, 0.25) is 0 Å². The molecule has 0 spiro atoms. The summed E-state index contributed by atoms with van der Waals surface area (Å²) in [6.07, 6.45) is -0.114. The van der Waals surface area contributed by atoms with Crippen molar-refractivity contribution < 1.29 is 19.4 Å². The lowest BCUT2D eigenvalue weighted by molar-refractivity contribution is -0.138. The number of urea groups is 1. The number of nitrogens with zero attached hydrogens (tertiary/aromatic N) is 1. The molecule has 2 amide bonds. The largest absolute Gasteiger partial charge is 0.481 e. The van der Waals surface area contributed by atoms with Crippen LogP contribution in [-0.4, -0.2) is 54.9 Å². The van der Waals surface area contributed by atoms with Gasteiger partial charge in [-0.3, -0.25) is 4.79 Å².